The highest BCUT2D eigenvalue weighted by atomic mass is 35.5. The van der Waals surface area contributed by atoms with Gasteiger partial charge in [-0.2, -0.15) is 19.6 Å². The molecule has 0 aliphatic heterocycles. The van der Waals surface area contributed by atoms with E-state index in [4.69, 9.17) is 11.6 Å². The maximum absolute atomic E-state index is 11.7. The quantitative estimate of drug-likeness (QED) is 0.816. The lowest BCUT2D eigenvalue weighted by atomic mass is 9.92. The van der Waals surface area contributed by atoms with Gasteiger partial charge in [0.1, 0.15) is 17.3 Å². The molecule has 0 unspecified atom stereocenters. The van der Waals surface area contributed by atoms with Crippen molar-refractivity contribution in [3.63, 3.8) is 0 Å². The monoisotopic (exact) mass is 282 g/mol. The van der Waals surface area contributed by atoms with Crippen LogP contribution in [0.25, 0.3) is 5.78 Å². The second-order valence-corrected chi connectivity index (χ2v) is 5.14. The first kappa shape index (κ1) is 13.5. The van der Waals surface area contributed by atoms with Crippen LogP contribution in [0.5, 0.6) is 0 Å². The molecule has 102 valence electrons. The topological polar surface area (TPSA) is 84.2 Å². The number of hydrogen-bond donors (Lipinski definition) is 2. The van der Waals surface area contributed by atoms with E-state index in [-0.39, 0.29) is 5.91 Å². The molecule has 1 amide bonds. The normalized spacial score (nSPS) is 11.6. The highest BCUT2D eigenvalue weighted by Crippen LogP contribution is 2.19. The third-order valence-electron chi connectivity index (χ3n) is 2.77. The van der Waals surface area contributed by atoms with Crippen molar-refractivity contribution >= 4 is 29.1 Å². The van der Waals surface area contributed by atoms with Gasteiger partial charge >= 0.3 is 0 Å². The van der Waals surface area contributed by atoms with Gasteiger partial charge in [0, 0.05) is 19.7 Å². The molecule has 0 saturated heterocycles. The minimum atomic E-state index is -0.558. The van der Waals surface area contributed by atoms with Crippen LogP contribution < -0.4 is 10.6 Å². The van der Waals surface area contributed by atoms with E-state index in [9.17, 15) is 4.79 Å². The van der Waals surface area contributed by atoms with E-state index in [1.807, 2.05) is 13.8 Å². The van der Waals surface area contributed by atoms with Crippen LogP contribution >= 0.6 is 11.6 Å². The number of carbonyl (C=O) groups is 1. The second kappa shape index (κ2) is 5.00. The second-order valence-electron chi connectivity index (χ2n) is 4.75. The smallest absolute Gasteiger partial charge is 0.255 e. The molecule has 8 heteroatoms. The molecule has 0 aliphatic carbocycles. The fourth-order valence-corrected chi connectivity index (χ4v) is 1.82. The van der Waals surface area contributed by atoms with Gasteiger partial charge in [-0.15, -0.1) is 0 Å². The first-order valence-electron chi connectivity index (χ1n) is 5.76. The van der Waals surface area contributed by atoms with Crippen LogP contribution in [0.4, 0.5) is 5.82 Å². The summed E-state index contributed by atoms with van der Waals surface area (Å²) in [4.78, 5) is 19.7. The van der Waals surface area contributed by atoms with Crippen molar-refractivity contribution in [2.75, 3.05) is 18.9 Å². The SMILES string of the molecule is CNC(=O)C(C)(C)CNc1cc(Cl)nc2ncnn12. The van der Waals surface area contributed by atoms with Gasteiger partial charge in [0.05, 0.1) is 5.41 Å². The Bertz CT molecular complexity index is 608. The van der Waals surface area contributed by atoms with Crippen LogP contribution in [0.2, 0.25) is 5.15 Å². The van der Waals surface area contributed by atoms with Gasteiger partial charge in [-0.05, 0) is 13.8 Å². The number of hydrogen-bond acceptors (Lipinski definition) is 5. The number of rotatable bonds is 4. The molecule has 0 saturated carbocycles. The molecule has 19 heavy (non-hydrogen) atoms. The fraction of sp³-hybridized carbons (Fsp3) is 0.455. The van der Waals surface area contributed by atoms with Crippen molar-refractivity contribution in [2.45, 2.75) is 13.8 Å². The number of nitrogens with zero attached hydrogens (tertiary/aromatic N) is 4. The van der Waals surface area contributed by atoms with E-state index in [0.717, 1.165) is 0 Å². The van der Waals surface area contributed by atoms with Crippen molar-refractivity contribution < 1.29 is 4.79 Å². The summed E-state index contributed by atoms with van der Waals surface area (Å²) >= 11 is 5.91. The first-order chi connectivity index (χ1) is 8.94. The van der Waals surface area contributed by atoms with E-state index in [1.54, 1.807) is 13.1 Å². The average molecular weight is 283 g/mol. The van der Waals surface area contributed by atoms with Crippen LogP contribution in [-0.2, 0) is 4.79 Å². The number of fused-ring (bicyclic) bond motifs is 1. The Morgan fingerprint density at radius 2 is 2.26 bits per heavy atom. The Hall–Kier alpha value is -1.89. The Balaban J connectivity index is 2.22. The van der Waals surface area contributed by atoms with Crippen LogP contribution in [0, 0.1) is 5.41 Å². The van der Waals surface area contributed by atoms with E-state index in [2.05, 4.69) is 25.7 Å². The molecular formula is C11H15ClN6O. The summed E-state index contributed by atoms with van der Waals surface area (Å²) in [6.07, 6.45) is 1.40. The van der Waals surface area contributed by atoms with Gasteiger partial charge in [-0.1, -0.05) is 11.6 Å². The Kier molecular flexibility index (Phi) is 3.57. The molecule has 0 fully saturated rings. The van der Waals surface area contributed by atoms with Gasteiger partial charge < -0.3 is 10.6 Å². The van der Waals surface area contributed by atoms with Crippen LogP contribution in [-0.4, -0.2) is 39.1 Å². The van der Waals surface area contributed by atoms with E-state index < -0.39 is 5.41 Å². The predicted molar refractivity (Wildman–Crippen MR) is 72.1 cm³/mol. The molecule has 0 aromatic carbocycles. The Morgan fingerprint density at radius 1 is 1.53 bits per heavy atom. The summed E-state index contributed by atoms with van der Waals surface area (Å²) in [5, 5.41) is 10.1. The molecule has 2 heterocycles. The highest BCUT2D eigenvalue weighted by Gasteiger charge is 2.26. The third-order valence-corrected chi connectivity index (χ3v) is 2.97. The number of amides is 1. The summed E-state index contributed by atoms with van der Waals surface area (Å²) in [6.45, 7) is 4.13. The molecular weight excluding hydrogens is 268 g/mol. The van der Waals surface area contributed by atoms with Gasteiger partial charge in [0.2, 0.25) is 5.91 Å². The molecule has 0 spiro atoms. The van der Waals surface area contributed by atoms with Crippen LogP contribution in [0.1, 0.15) is 13.8 Å². The highest BCUT2D eigenvalue weighted by molar-refractivity contribution is 6.29. The molecule has 0 atom stereocenters. The maximum Gasteiger partial charge on any atom is 0.255 e. The molecule has 2 N–H and O–H groups in total. The zero-order valence-corrected chi connectivity index (χ0v) is 11.7. The lowest BCUT2D eigenvalue weighted by Crippen LogP contribution is -2.39. The number of halogens is 1. The number of nitrogens with one attached hydrogen (secondary N) is 2. The zero-order valence-electron chi connectivity index (χ0n) is 10.9. The fourth-order valence-electron chi connectivity index (χ4n) is 1.64. The minimum absolute atomic E-state index is 0.0463. The zero-order chi connectivity index (χ0) is 14.0. The van der Waals surface area contributed by atoms with Gasteiger partial charge in [-0.25, -0.2) is 0 Å². The summed E-state index contributed by atoms with van der Waals surface area (Å²) in [7, 11) is 1.61. The van der Waals surface area contributed by atoms with E-state index in [0.29, 0.717) is 23.3 Å². The van der Waals surface area contributed by atoms with Crippen LogP contribution in [0.3, 0.4) is 0 Å². The summed E-state index contributed by atoms with van der Waals surface area (Å²) in [5.41, 5.74) is -0.558. The molecule has 0 radical (unpaired) electrons. The molecule has 7 nitrogen and oxygen atoms in total. The largest absolute Gasteiger partial charge is 0.369 e. The predicted octanol–water partition coefficient (Wildman–Crippen LogP) is 0.962. The summed E-state index contributed by atoms with van der Waals surface area (Å²) < 4.78 is 1.53. The third kappa shape index (κ3) is 2.76. The summed E-state index contributed by atoms with van der Waals surface area (Å²) in [6, 6.07) is 1.64. The number of anilines is 1. The van der Waals surface area contributed by atoms with Crippen molar-refractivity contribution in [3.8, 4) is 0 Å². The molecule has 0 aliphatic rings. The first-order valence-corrected chi connectivity index (χ1v) is 6.14. The molecule has 2 rings (SSSR count). The average Bonchev–Trinajstić information content (AvgIpc) is 2.82. The number of carbonyl (C=O) groups excluding carboxylic acids is 1. The molecule has 0 bridgehead atoms. The number of aromatic nitrogens is 4. The molecule has 2 aromatic heterocycles. The maximum atomic E-state index is 11.7. The molecule has 2 aromatic rings. The van der Waals surface area contributed by atoms with Crippen molar-refractivity contribution in [3.05, 3.63) is 17.5 Å². The van der Waals surface area contributed by atoms with E-state index >= 15 is 0 Å². The summed E-state index contributed by atoms with van der Waals surface area (Å²) in [5.74, 6) is 1.01. The Morgan fingerprint density at radius 3 is 2.95 bits per heavy atom. The van der Waals surface area contributed by atoms with E-state index in [1.165, 1.54) is 10.8 Å². The lowest BCUT2D eigenvalue weighted by Gasteiger charge is -2.23. The lowest BCUT2D eigenvalue weighted by molar-refractivity contribution is -0.128. The van der Waals surface area contributed by atoms with Crippen molar-refractivity contribution in [1.82, 2.24) is 24.9 Å². The van der Waals surface area contributed by atoms with Gasteiger partial charge in [0.25, 0.3) is 5.78 Å². The van der Waals surface area contributed by atoms with Crippen molar-refractivity contribution in [1.29, 1.82) is 0 Å². The van der Waals surface area contributed by atoms with Crippen LogP contribution in [0.15, 0.2) is 12.4 Å². The van der Waals surface area contributed by atoms with Gasteiger partial charge in [-0.3, -0.25) is 4.79 Å². The standard InChI is InChI=1S/C11H15ClN6O/c1-11(2,9(19)13-3)5-14-8-4-7(12)17-10-15-6-16-18(8)10/h4,6,14H,5H2,1-3H3,(H,13,19). The Labute approximate surface area is 115 Å². The van der Waals surface area contributed by atoms with Crippen molar-refractivity contribution in [2.24, 2.45) is 5.41 Å². The minimum Gasteiger partial charge on any atom is -0.369 e. The van der Waals surface area contributed by atoms with Gasteiger partial charge in [0.15, 0.2) is 0 Å².